The van der Waals surface area contributed by atoms with Crippen LogP contribution in [0.4, 0.5) is 4.79 Å². The molecule has 3 amide bonds. The summed E-state index contributed by atoms with van der Waals surface area (Å²) in [6, 6.07) is 0.139. The molecule has 1 saturated heterocycles. The van der Waals surface area contributed by atoms with Gasteiger partial charge < -0.3 is 4.90 Å². The Morgan fingerprint density at radius 3 is 2.60 bits per heavy atom. The maximum atomic E-state index is 12.2. The van der Waals surface area contributed by atoms with Crippen molar-refractivity contribution in [3.05, 3.63) is 16.1 Å². The highest BCUT2D eigenvalue weighted by atomic mass is 32.1. The lowest BCUT2D eigenvalue weighted by Crippen LogP contribution is -2.33. The quantitative estimate of drug-likeness (QED) is 0.804. The van der Waals surface area contributed by atoms with Crippen LogP contribution in [0.1, 0.15) is 44.3 Å². The van der Waals surface area contributed by atoms with Gasteiger partial charge >= 0.3 is 6.03 Å². The number of urea groups is 1. The summed E-state index contributed by atoms with van der Waals surface area (Å²) in [7, 11) is 0. The first-order chi connectivity index (χ1) is 9.36. The molecule has 0 unspecified atom stereocenters. The zero-order valence-corrected chi connectivity index (χ0v) is 12.9. The highest BCUT2D eigenvalue weighted by molar-refractivity contribution is 7.09. The molecule has 1 aliphatic carbocycles. The molecule has 20 heavy (non-hydrogen) atoms. The number of aromatic nitrogens is 1. The fraction of sp³-hybridized carbons (Fsp3) is 0.643. The standard InChI is InChI=1S/C14H19N3O2S/c1-14(2,3)12-15-9(8-20-12)6-17-11(18)7-16(13(17)19)10-4-5-10/h8,10H,4-7H2,1-3H3. The van der Waals surface area contributed by atoms with Crippen molar-refractivity contribution in [2.75, 3.05) is 6.54 Å². The van der Waals surface area contributed by atoms with Crippen LogP contribution in [-0.4, -0.2) is 39.3 Å². The maximum Gasteiger partial charge on any atom is 0.327 e. The fourth-order valence-electron chi connectivity index (χ4n) is 2.27. The Kier molecular flexibility index (Phi) is 3.08. The molecule has 1 aromatic heterocycles. The lowest BCUT2D eigenvalue weighted by atomic mass is 9.98. The minimum absolute atomic E-state index is 0.00198. The van der Waals surface area contributed by atoms with E-state index in [9.17, 15) is 9.59 Å². The average molecular weight is 293 g/mol. The molecular formula is C14H19N3O2S. The normalized spacial score (nSPS) is 20.1. The van der Waals surface area contributed by atoms with Gasteiger partial charge in [0.2, 0.25) is 0 Å². The topological polar surface area (TPSA) is 53.5 Å². The van der Waals surface area contributed by atoms with Gasteiger partial charge in [0.1, 0.15) is 6.54 Å². The van der Waals surface area contributed by atoms with E-state index in [0.29, 0.717) is 6.54 Å². The molecule has 2 heterocycles. The van der Waals surface area contributed by atoms with Crippen molar-refractivity contribution in [1.82, 2.24) is 14.8 Å². The molecule has 6 heteroatoms. The molecule has 0 bridgehead atoms. The van der Waals surface area contributed by atoms with Gasteiger partial charge in [-0.2, -0.15) is 0 Å². The van der Waals surface area contributed by atoms with E-state index in [0.717, 1.165) is 23.5 Å². The Morgan fingerprint density at radius 2 is 2.05 bits per heavy atom. The van der Waals surface area contributed by atoms with Crippen molar-refractivity contribution in [3.8, 4) is 0 Å². The molecule has 2 fully saturated rings. The van der Waals surface area contributed by atoms with Gasteiger partial charge in [-0.15, -0.1) is 11.3 Å². The molecule has 3 rings (SSSR count). The van der Waals surface area contributed by atoms with Gasteiger partial charge in [0.15, 0.2) is 0 Å². The van der Waals surface area contributed by atoms with E-state index in [2.05, 4.69) is 25.8 Å². The van der Waals surface area contributed by atoms with Crippen molar-refractivity contribution < 1.29 is 9.59 Å². The third-order valence-corrected chi connectivity index (χ3v) is 4.90. The number of carbonyl (C=O) groups excluding carboxylic acids is 2. The first-order valence-corrected chi connectivity index (χ1v) is 7.80. The maximum absolute atomic E-state index is 12.2. The largest absolute Gasteiger partial charge is 0.327 e. The Morgan fingerprint density at radius 1 is 1.35 bits per heavy atom. The van der Waals surface area contributed by atoms with Crippen molar-refractivity contribution in [3.63, 3.8) is 0 Å². The van der Waals surface area contributed by atoms with Gasteiger partial charge in [0.05, 0.1) is 17.2 Å². The van der Waals surface area contributed by atoms with Crippen LogP contribution in [0.3, 0.4) is 0 Å². The van der Waals surface area contributed by atoms with Crippen molar-refractivity contribution >= 4 is 23.3 Å². The fourth-order valence-corrected chi connectivity index (χ4v) is 3.17. The first-order valence-electron chi connectivity index (χ1n) is 6.92. The van der Waals surface area contributed by atoms with Crippen molar-refractivity contribution in [1.29, 1.82) is 0 Å². The predicted octanol–water partition coefficient (Wildman–Crippen LogP) is 2.37. The Bertz CT molecular complexity index is 557. The first kappa shape index (κ1) is 13.5. The molecule has 1 saturated carbocycles. The van der Waals surface area contributed by atoms with Gasteiger partial charge in [-0.1, -0.05) is 20.8 Å². The van der Waals surface area contributed by atoms with Crippen molar-refractivity contribution in [2.45, 2.75) is 51.6 Å². The van der Waals surface area contributed by atoms with Gasteiger partial charge in [-0.25, -0.2) is 9.78 Å². The number of hydrogen-bond donors (Lipinski definition) is 0. The summed E-state index contributed by atoms with van der Waals surface area (Å²) in [5.41, 5.74) is 0.807. The minimum atomic E-state index is -0.150. The number of rotatable bonds is 3. The van der Waals surface area contributed by atoms with E-state index in [-0.39, 0.29) is 29.9 Å². The highest BCUT2D eigenvalue weighted by Gasteiger charge is 2.43. The molecule has 0 aromatic carbocycles. The van der Waals surface area contributed by atoms with E-state index in [4.69, 9.17) is 0 Å². The summed E-state index contributed by atoms with van der Waals surface area (Å²) in [4.78, 5) is 31.8. The van der Waals surface area contributed by atoms with Crippen LogP contribution < -0.4 is 0 Å². The number of imide groups is 1. The molecule has 0 N–H and O–H groups in total. The number of carbonyl (C=O) groups is 2. The molecule has 0 atom stereocenters. The second kappa shape index (κ2) is 4.55. The van der Waals surface area contributed by atoms with Crippen molar-refractivity contribution in [2.24, 2.45) is 0 Å². The average Bonchev–Trinajstić information content (AvgIpc) is 3.01. The van der Waals surface area contributed by atoms with E-state index in [1.165, 1.54) is 4.90 Å². The third-order valence-electron chi connectivity index (χ3n) is 3.58. The summed E-state index contributed by atoms with van der Waals surface area (Å²) in [5, 5.41) is 2.98. The van der Waals surface area contributed by atoms with Crippen LogP contribution >= 0.6 is 11.3 Å². The molecule has 1 aliphatic heterocycles. The third kappa shape index (κ3) is 2.44. The zero-order chi connectivity index (χ0) is 14.5. The monoisotopic (exact) mass is 293 g/mol. The van der Waals surface area contributed by atoms with Crippen LogP contribution in [0.15, 0.2) is 5.38 Å². The molecule has 0 spiro atoms. The summed E-state index contributed by atoms with van der Waals surface area (Å²) in [6.07, 6.45) is 2.05. The second-order valence-electron chi connectivity index (χ2n) is 6.52. The number of hydrogen-bond acceptors (Lipinski definition) is 4. The summed E-state index contributed by atoms with van der Waals surface area (Å²) < 4.78 is 0. The molecule has 1 aromatic rings. The predicted molar refractivity (Wildman–Crippen MR) is 76.5 cm³/mol. The van der Waals surface area contributed by atoms with E-state index in [1.807, 2.05) is 5.38 Å². The van der Waals surface area contributed by atoms with Crippen LogP contribution in [0.25, 0.3) is 0 Å². The molecule has 108 valence electrons. The molecular weight excluding hydrogens is 274 g/mol. The second-order valence-corrected chi connectivity index (χ2v) is 7.37. The summed E-state index contributed by atoms with van der Waals surface area (Å²) in [6.45, 7) is 6.86. The Balaban J connectivity index is 1.72. The number of nitrogens with zero attached hydrogens (tertiary/aromatic N) is 3. The zero-order valence-electron chi connectivity index (χ0n) is 12.0. The molecule has 0 radical (unpaired) electrons. The van der Waals surface area contributed by atoms with E-state index >= 15 is 0 Å². The van der Waals surface area contributed by atoms with Crippen LogP contribution in [0.2, 0.25) is 0 Å². The Labute approximate surface area is 122 Å². The van der Waals surface area contributed by atoms with E-state index < -0.39 is 0 Å². The highest BCUT2D eigenvalue weighted by Crippen LogP contribution is 2.31. The molecule has 2 aliphatic rings. The van der Waals surface area contributed by atoms with Crippen LogP contribution in [0.5, 0.6) is 0 Å². The molecule has 5 nitrogen and oxygen atoms in total. The lowest BCUT2D eigenvalue weighted by Gasteiger charge is -2.16. The summed E-state index contributed by atoms with van der Waals surface area (Å²) in [5.74, 6) is -0.104. The SMILES string of the molecule is CC(C)(C)c1nc(CN2C(=O)CN(C3CC3)C2=O)cs1. The van der Waals surface area contributed by atoms with Gasteiger partial charge in [0.25, 0.3) is 5.91 Å². The smallest absolute Gasteiger partial charge is 0.312 e. The van der Waals surface area contributed by atoms with E-state index in [1.54, 1.807) is 16.2 Å². The summed E-state index contributed by atoms with van der Waals surface area (Å²) >= 11 is 1.59. The minimum Gasteiger partial charge on any atom is -0.312 e. The van der Waals surface area contributed by atoms with Crippen LogP contribution in [-0.2, 0) is 16.8 Å². The Hall–Kier alpha value is -1.43. The number of amides is 3. The van der Waals surface area contributed by atoms with Gasteiger partial charge in [-0.3, -0.25) is 9.69 Å². The van der Waals surface area contributed by atoms with Gasteiger partial charge in [0, 0.05) is 16.8 Å². The van der Waals surface area contributed by atoms with Crippen LogP contribution in [0, 0.1) is 0 Å². The lowest BCUT2D eigenvalue weighted by molar-refractivity contribution is -0.125. The van der Waals surface area contributed by atoms with Gasteiger partial charge in [-0.05, 0) is 12.8 Å². The number of thiazole rings is 1.